The number of nitrogens with one attached hydrogen (secondary N) is 1. The summed E-state index contributed by atoms with van der Waals surface area (Å²) in [7, 11) is 1.64. The van der Waals surface area contributed by atoms with Crippen LogP contribution >= 0.6 is 0 Å². The van der Waals surface area contributed by atoms with Gasteiger partial charge in [-0.05, 0) is 43.6 Å². The van der Waals surface area contributed by atoms with Gasteiger partial charge in [0, 0.05) is 13.1 Å². The molecule has 0 radical (unpaired) electrons. The number of rotatable bonds is 6. The van der Waals surface area contributed by atoms with Crippen LogP contribution in [-0.4, -0.2) is 44.1 Å². The van der Waals surface area contributed by atoms with E-state index >= 15 is 0 Å². The van der Waals surface area contributed by atoms with Gasteiger partial charge < -0.3 is 27.4 Å². The molecule has 0 atom stereocenters. The minimum Gasteiger partial charge on any atom is -1.00 e. The summed E-state index contributed by atoms with van der Waals surface area (Å²) in [6.07, 6.45) is 3.02. The van der Waals surface area contributed by atoms with Gasteiger partial charge in [0.1, 0.15) is 5.75 Å². The van der Waals surface area contributed by atoms with Crippen LogP contribution in [0.4, 0.5) is 0 Å². The van der Waals surface area contributed by atoms with Gasteiger partial charge >= 0.3 is 0 Å². The second kappa shape index (κ2) is 8.82. The highest BCUT2D eigenvalue weighted by atomic mass is 35.5. The molecule has 1 heterocycles. The fourth-order valence-corrected chi connectivity index (χ4v) is 2.35. The summed E-state index contributed by atoms with van der Waals surface area (Å²) in [5, 5.41) is 2.97. The maximum absolute atomic E-state index is 11.8. The van der Waals surface area contributed by atoms with E-state index in [4.69, 9.17) is 4.74 Å². The molecule has 0 unspecified atom stereocenters. The molecule has 0 spiro atoms. The predicted octanol–water partition coefficient (Wildman–Crippen LogP) is -1.55. The molecule has 1 aliphatic rings. The Morgan fingerprint density at radius 1 is 1.25 bits per heavy atom. The number of amides is 1. The van der Waals surface area contributed by atoms with Crippen molar-refractivity contribution in [3.05, 3.63) is 29.8 Å². The van der Waals surface area contributed by atoms with Crippen molar-refractivity contribution in [1.29, 1.82) is 0 Å². The number of likely N-dealkylation sites (tertiary alicyclic amines) is 1. The zero-order chi connectivity index (χ0) is 13.5. The van der Waals surface area contributed by atoms with Crippen molar-refractivity contribution in [2.75, 3.05) is 33.3 Å². The van der Waals surface area contributed by atoms with Crippen molar-refractivity contribution in [3.8, 4) is 5.75 Å². The number of nitrogens with zero attached hydrogens (tertiary/aromatic N) is 1. The van der Waals surface area contributed by atoms with Crippen LogP contribution in [0.3, 0.4) is 0 Å². The van der Waals surface area contributed by atoms with E-state index in [1.54, 1.807) is 7.11 Å². The van der Waals surface area contributed by atoms with Crippen LogP contribution in [0.2, 0.25) is 0 Å². The van der Waals surface area contributed by atoms with Crippen LogP contribution < -0.4 is 22.5 Å². The highest BCUT2D eigenvalue weighted by molar-refractivity contribution is 5.78. The fraction of sp³-hybridized carbons (Fsp3) is 0.533. The fourth-order valence-electron chi connectivity index (χ4n) is 2.35. The van der Waals surface area contributed by atoms with E-state index in [1.165, 1.54) is 25.9 Å². The molecule has 0 bridgehead atoms. The zero-order valence-electron chi connectivity index (χ0n) is 11.9. The van der Waals surface area contributed by atoms with Gasteiger partial charge in [0.2, 0.25) is 5.91 Å². The summed E-state index contributed by atoms with van der Waals surface area (Å²) in [4.78, 5) is 14.2. The molecule has 1 aromatic rings. The Bertz CT molecular complexity index is 403. The molecule has 5 heteroatoms. The Morgan fingerprint density at radius 2 is 1.90 bits per heavy atom. The van der Waals surface area contributed by atoms with E-state index in [0.29, 0.717) is 6.42 Å². The Morgan fingerprint density at radius 3 is 2.50 bits per heavy atom. The molecule has 112 valence electrons. The summed E-state index contributed by atoms with van der Waals surface area (Å²) in [6, 6.07) is 7.62. The molecular formula is C15H22ClN2O2-. The summed E-state index contributed by atoms with van der Waals surface area (Å²) in [6.45, 7) is 4.06. The van der Waals surface area contributed by atoms with Gasteiger partial charge in [-0.1, -0.05) is 12.1 Å². The molecule has 0 aromatic heterocycles. The Kier molecular flexibility index (Phi) is 7.41. The molecule has 1 aliphatic heterocycles. The summed E-state index contributed by atoms with van der Waals surface area (Å²) in [5.41, 5.74) is 1.01. The Balaban J connectivity index is 0.00000200. The summed E-state index contributed by atoms with van der Waals surface area (Å²) >= 11 is 0. The molecule has 1 amide bonds. The molecule has 0 saturated carbocycles. The SMILES string of the molecule is COc1ccc(CC(=O)NCCN2CCCC2)cc1.[Cl-]. The van der Waals surface area contributed by atoms with Crippen molar-refractivity contribution in [2.45, 2.75) is 19.3 Å². The van der Waals surface area contributed by atoms with Crippen LogP contribution in [-0.2, 0) is 11.2 Å². The van der Waals surface area contributed by atoms with Gasteiger partial charge in [0.25, 0.3) is 0 Å². The second-order valence-electron chi connectivity index (χ2n) is 4.92. The van der Waals surface area contributed by atoms with Crippen molar-refractivity contribution in [1.82, 2.24) is 10.2 Å². The second-order valence-corrected chi connectivity index (χ2v) is 4.92. The minimum absolute atomic E-state index is 0. The van der Waals surface area contributed by atoms with Crippen molar-refractivity contribution >= 4 is 5.91 Å². The highest BCUT2D eigenvalue weighted by Crippen LogP contribution is 2.11. The third kappa shape index (κ3) is 5.39. The molecule has 20 heavy (non-hydrogen) atoms. The number of carbonyl (C=O) groups excluding carboxylic acids is 1. The largest absolute Gasteiger partial charge is 1.00 e. The van der Waals surface area contributed by atoms with Gasteiger partial charge in [0.05, 0.1) is 13.5 Å². The van der Waals surface area contributed by atoms with Crippen molar-refractivity contribution < 1.29 is 21.9 Å². The summed E-state index contributed by atoms with van der Waals surface area (Å²) < 4.78 is 5.09. The van der Waals surface area contributed by atoms with Crippen molar-refractivity contribution in [3.63, 3.8) is 0 Å². The maximum atomic E-state index is 11.8. The Labute approximate surface area is 126 Å². The smallest absolute Gasteiger partial charge is 0.224 e. The van der Waals surface area contributed by atoms with Crippen LogP contribution in [0.15, 0.2) is 24.3 Å². The normalized spacial score (nSPS) is 14.7. The number of carbonyl (C=O) groups is 1. The van der Waals surface area contributed by atoms with E-state index in [0.717, 1.165) is 24.4 Å². The molecule has 2 rings (SSSR count). The number of benzene rings is 1. The van der Waals surface area contributed by atoms with Crippen LogP contribution in [0.25, 0.3) is 0 Å². The van der Waals surface area contributed by atoms with Gasteiger partial charge in [-0.25, -0.2) is 0 Å². The summed E-state index contributed by atoms with van der Waals surface area (Å²) in [5.74, 6) is 0.905. The lowest BCUT2D eigenvalue weighted by Gasteiger charge is -2.14. The lowest BCUT2D eigenvalue weighted by atomic mass is 10.1. The van der Waals surface area contributed by atoms with E-state index in [-0.39, 0.29) is 18.3 Å². The predicted molar refractivity (Wildman–Crippen MR) is 75.4 cm³/mol. The van der Waals surface area contributed by atoms with E-state index in [9.17, 15) is 4.79 Å². The number of hydrogen-bond donors (Lipinski definition) is 1. The number of methoxy groups -OCH3 is 1. The first-order valence-corrected chi connectivity index (χ1v) is 6.90. The molecule has 1 aromatic carbocycles. The topological polar surface area (TPSA) is 41.6 Å². The van der Waals surface area contributed by atoms with Crippen LogP contribution in [0, 0.1) is 0 Å². The Hall–Kier alpha value is -1.26. The van der Waals surface area contributed by atoms with Gasteiger partial charge in [-0.15, -0.1) is 0 Å². The molecule has 1 saturated heterocycles. The lowest BCUT2D eigenvalue weighted by Crippen LogP contribution is -3.00. The number of hydrogen-bond acceptors (Lipinski definition) is 3. The molecule has 4 nitrogen and oxygen atoms in total. The quantitative estimate of drug-likeness (QED) is 0.692. The monoisotopic (exact) mass is 297 g/mol. The molecule has 1 fully saturated rings. The van der Waals surface area contributed by atoms with E-state index in [1.807, 2.05) is 24.3 Å². The van der Waals surface area contributed by atoms with Crippen molar-refractivity contribution in [2.24, 2.45) is 0 Å². The first-order valence-electron chi connectivity index (χ1n) is 6.90. The first kappa shape index (κ1) is 16.8. The van der Waals surface area contributed by atoms with E-state index in [2.05, 4.69) is 10.2 Å². The van der Waals surface area contributed by atoms with E-state index < -0.39 is 0 Å². The zero-order valence-corrected chi connectivity index (χ0v) is 12.7. The van der Waals surface area contributed by atoms with Gasteiger partial charge in [-0.2, -0.15) is 0 Å². The number of ether oxygens (including phenoxy) is 1. The standard InChI is InChI=1S/C15H22N2O2.ClH/c1-19-14-6-4-13(5-7-14)12-15(18)16-8-11-17-9-2-3-10-17;/h4-7H,2-3,8-12H2,1H3,(H,16,18);1H/p-1. The third-order valence-electron chi connectivity index (χ3n) is 3.47. The van der Waals surface area contributed by atoms with Crippen LogP contribution in [0.5, 0.6) is 5.75 Å². The molecule has 0 aliphatic carbocycles. The average molecular weight is 298 g/mol. The third-order valence-corrected chi connectivity index (χ3v) is 3.47. The highest BCUT2D eigenvalue weighted by Gasteiger charge is 2.11. The minimum atomic E-state index is 0. The van der Waals surface area contributed by atoms with Crippen LogP contribution in [0.1, 0.15) is 18.4 Å². The van der Waals surface area contributed by atoms with Gasteiger partial charge in [0.15, 0.2) is 0 Å². The van der Waals surface area contributed by atoms with Gasteiger partial charge in [-0.3, -0.25) is 4.79 Å². The first-order chi connectivity index (χ1) is 9.28. The average Bonchev–Trinajstić information content (AvgIpc) is 2.93. The molecule has 1 N–H and O–H groups in total. The maximum Gasteiger partial charge on any atom is 0.224 e. The lowest BCUT2D eigenvalue weighted by molar-refractivity contribution is -0.120. The molecular weight excluding hydrogens is 276 g/mol. The number of halogens is 1.